The number of ether oxygens (including phenoxy) is 3. The molecule has 90 heavy (non-hydrogen) atoms. The standard InChI is InChI=1S/C79H130O3P.6FH.Sb/c1-4-7-10-13-16-19-22-25-28-31-34-37-40-43-46-52-69-80-74-57-63-77(64-58-74)83(72-73-55-50-49-51-56-73,78-65-59-75(60-66-78)81-70-53-47-44-41-38-35-32-29-26-23-20-17-14-11-8-5-2)79-67-61-76(62-68-79)82-71-54-48-45-42-39-36-33-30-27-24-21-18-15-12-9-6-3;;;;;;;/h49-51,55-68H,4-48,52-54,69-72H2,1-3H3;6*1H;/q+1;;;;;;;+5/p-6. The van der Waals surface area contributed by atoms with E-state index in [0.29, 0.717) is 0 Å². The van der Waals surface area contributed by atoms with Crippen molar-refractivity contribution in [1.29, 1.82) is 0 Å². The zero-order chi connectivity index (χ0) is 64.9. The summed E-state index contributed by atoms with van der Waals surface area (Å²) in [7, 11) is -2.20. The fraction of sp³-hybridized carbons (Fsp3) is 0.696. The molecule has 0 N–H and O–H groups in total. The third-order valence-electron chi connectivity index (χ3n) is 17.9. The minimum absolute atomic E-state index is 0.782. The van der Waals surface area contributed by atoms with Gasteiger partial charge in [-0.1, -0.05) is 340 Å². The van der Waals surface area contributed by atoms with Gasteiger partial charge in [-0.3, -0.25) is 0 Å². The van der Waals surface area contributed by atoms with Gasteiger partial charge in [-0.25, -0.2) is 0 Å². The molecule has 516 valence electrons. The first-order valence-electron chi connectivity index (χ1n) is 37.3. The molecule has 0 fully saturated rings. The van der Waals surface area contributed by atoms with Gasteiger partial charge in [-0.15, -0.1) is 0 Å². The molecule has 4 rings (SSSR count). The molecule has 0 aliphatic rings. The van der Waals surface area contributed by atoms with Gasteiger partial charge in [0.1, 0.15) is 40.4 Å². The first-order valence-corrected chi connectivity index (χ1v) is 45.1. The van der Waals surface area contributed by atoms with E-state index in [2.05, 4.69) is 124 Å². The molecule has 0 aromatic heterocycles. The predicted molar refractivity (Wildman–Crippen MR) is 383 cm³/mol. The predicted octanol–water partition coefficient (Wildman–Crippen LogP) is 27.2. The fourth-order valence-corrected chi connectivity index (χ4v) is 16.7. The van der Waals surface area contributed by atoms with Gasteiger partial charge >= 0.3 is 36.4 Å². The van der Waals surface area contributed by atoms with Crippen LogP contribution in [0.2, 0.25) is 0 Å². The van der Waals surface area contributed by atoms with E-state index in [1.807, 2.05) is 0 Å². The fourth-order valence-electron chi connectivity index (χ4n) is 12.5. The average Bonchev–Trinajstić information content (AvgIpc) is 0.991. The van der Waals surface area contributed by atoms with Crippen molar-refractivity contribution in [3.05, 3.63) is 109 Å². The molecule has 0 aliphatic heterocycles. The Balaban J connectivity index is 0.00000284. The molecule has 0 aliphatic carbocycles. The monoisotopic (exact) mass is 1390 g/mol. The van der Waals surface area contributed by atoms with Crippen LogP contribution in [0, 0.1) is 0 Å². The van der Waals surface area contributed by atoms with E-state index in [-0.39, 0.29) is 0 Å². The average molecular weight is 1390 g/mol. The molecule has 0 unspecified atom stereocenters. The second-order valence-corrected chi connectivity index (χ2v) is 35.3. The van der Waals surface area contributed by atoms with E-state index in [4.69, 9.17) is 14.2 Å². The minimum atomic E-state index is -11.2. The van der Waals surface area contributed by atoms with Gasteiger partial charge in [-0.05, 0) is 97.6 Å². The summed E-state index contributed by atoms with van der Waals surface area (Å²) in [6.45, 7) is 9.27. The number of hydrogen-bond acceptors (Lipinski definition) is 3. The van der Waals surface area contributed by atoms with Crippen LogP contribution >= 0.6 is 7.26 Å². The summed E-state index contributed by atoms with van der Waals surface area (Å²) in [4.78, 5) is 0. The second kappa shape index (κ2) is 50.5. The molecule has 0 amide bonds. The molecule has 0 radical (unpaired) electrons. The van der Waals surface area contributed by atoms with Crippen molar-refractivity contribution in [2.75, 3.05) is 19.8 Å². The molecule has 4 aromatic rings. The van der Waals surface area contributed by atoms with Crippen LogP contribution < -0.4 is 30.1 Å². The van der Waals surface area contributed by atoms with Gasteiger partial charge in [0.15, 0.2) is 0 Å². The number of unbranched alkanes of at least 4 members (excludes halogenated alkanes) is 45. The third-order valence-corrected chi connectivity index (χ3v) is 22.3. The Morgan fingerprint density at radius 1 is 0.244 bits per heavy atom. The molecular weight excluding hydrogens is 1260 g/mol. The Hall–Kier alpha value is -2.89. The van der Waals surface area contributed by atoms with Crippen LogP contribution in [0.25, 0.3) is 0 Å². The van der Waals surface area contributed by atoms with Gasteiger partial charge in [0, 0.05) is 0 Å². The Bertz CT molecular complexity index is 2020. The Kier molecular flexibility index (Phi) is 45.7. The van der Waals surface area contributed by atoms with Gasteiger partial charge in [0.05, 0.1) is 26.0 Å². The molecule has 3 nitrogen and oxygen atoms in total. The van der Waals surface area contributed by atoms with Crippen LogP contribution in [0.5, 0.6) is 17.2 Å². The van der Waals surface area contributed by atoms with Crippen molar-refractivity contribution in [2.45, 2.75) is 335 Å². The summed E-state index contributed by atoms with van der Waals surface area (Å²) in [5, 5.41) is 4.12. The zero-order valence-electron chi connectivity index (χ0n) is 57.5. The third kappa shape index (κ3) is 45.4. The van der Waals surface area contributed by atoms with Crippen LogP contribution in [0.4, 0.5) is 16.9 Å². The quantitative estimate of drug-likeness (QED) is 0.0191. The van der Waals surface area contributed by atoms with Gasteiger partial charge in [0.2, 0.25) is 0 Å². The van der Waals surface area contributed by atoms with Crippen LogP contribution in [-0.4, -0.2) is 39.3 Å². The van der Waals surface area contributed by atoms with Crippen LogP contribution in [-0.2, 0) is 6.16 Å². The Labute approximate surface area is 551 Å². The molecular formula is C79H130F6O3PSb. The number of halogens is 6. The van der Waals surface area contributed by atoms with Crippen molar-refractivity contribution in [3.63, 3.8) is 0 Å². The molecule has 0 bridgehead atoms. The molecule has 0 saturated carbocycles. The van der Waals surface area contributed by atoms with E-state index in [0.717, 1.165) is 62.5 Å². The normalized spacial score (nSPS) is 12.5. The number of benzene rings is 4. The first kappa shape index (κ1) is 81.3. The Morgan fingerprint density at radius 3 is 0.611 bits per heavy atom. The van der Waals surface area contributed by atoms with Crippen LogP contribution in [0.15, 0.2) is 103 Å². The summed E-state index contributed by atoms with van der Waals surface area (Å²) >= 11 is -11.2. The summed E-state index contributed by atoms with van der Waals surface area (Å²) in [5.41, 5.74) is 1.36. The van der Waals surface area contributed by atoms with Crippen molar-refractivity contribution in [3.8, 4) is 17.2 Å². The molecule has 4 aromatic carbocycles. The maximum atomic E-state index is 9.93. The van der Waals surface area contributed by atoms with E-state index >= 15 is 0 Å². The van der Waals surface area contributed by atoms with Crippen molar-refractivity contribution < 1.29 is 31.1 Å². The first-order chi connectivity index (χ1) is 43.6. The van der Waals surface area contributed by atoms with Crippen LogP contribution in [0.3, 0.4) is 0 Å². The Morgan fingerprint density at radius 2 is 0.422 bits per heavy atom. The summed E-state index contributed by atoms with van der Waals surface area (Å²) < 4.78 is 78.9. The molecule has 0 spiro atoms. The van der Waals surface area contributed by atoms with Crippen molar-refractivity contribution in [1.82, 2.24) is 0 Å². The van der Waals surface area contributed by atoms with Crippen LogP contribution in [0.1, 0.15) is 335 Å². The number of rotatable bonds is 59. The van der Waals surface area contributed by atoms with Gasteiger partial charge < -0.3 is 14.2 Å². The summed E-state index contributed by atoms with van der Waals surface area (Å²) in [6, 6.07) is 38.9. The molecule has 0 atom stereocenters. The van der Waals surface area contributed by atoms with E-state index in [1.54, 1.807) is 0 Å². The maximum absolute atomic E-state index is 11.2. The van der Waals surface area contributed by atoms with Crippen molar-refractivity contribution in [2.24, 2.45) is 0 Å². The van der Waals surface area contributed by atoms with E-state index < -0.39 is 26.7 Å². The zero-order valence-corrected chi connectivity index (χ0v) is 60.9. The molecule has 0 heterocycles. The molecule has 11 heteroatoms. The van der Waals surface area contributed by atoms with Gasteiger partial charge in [0.25, 0.3) is 0 Å². The SMILES string of the molecule is CCCCCCCCCCCCCCCCCCOc1ccc([P+](Cc2ccccc2)(c2ccc(OCCCCCCCCCCCCCCCCCC)cc2)c2ccc(OCCCCCCCCCCCCCCCCCC)cc2)cc1.[F][Sb-]([F])([F])([F])([F])[F]. The topological polar surface area (TPSA) is 27.7 Å². The van der Waals surface area contributed by atoms with Crippen molar-refractivity contribution >= 4 is 42.7 Å². The summed E-state index contributed by atoms with van der Waals surface area (Å²) in [6.07, 6.45) is 67.2. The van der Waals surface area contributed by atoms with Gasteiger partial charge in [-0.2, -0.15) is 0 Å². The molecule has 0 saturated heterocycles. The summed E-state index contributed by atoms with van der Waals surface area (Å²) in [5.74, 6) is 2.93. The van der Waals surface area contributed by atoms with E-state index in [1.165, 1.54) is 310 Å². The second-order valence-electron chi connectivity index (χ2n) is 26.3. The van der Waals surface area contributed by atoms with E-state index in [9.17, 15) is 16.9 Å². The number of hydrogen-bond donors (Lipinski definition) is 0.